The number of benzene rings is 3. The van der Waals surface area contributed by atoms with E-state index < -0.39 is 28.0 Å². The van der Waals surface area contributed by atoms with Crippen LogP contribution in [0.2, 0.25) is 0 Å². The Morgan fingerprint density at radius 3 is 1.57 bits per heavy atom. The third kappa shape index (κ3) is 7.44. The number of rotatable bonds is 3. The fourth-order valence-electron chi connectivity index (χ4n) is 13.1. The highest BCUT2D eigenvalue weighted by Gasteiger charge is 2.65. The SMILES string of the molecule is CCOC(=O)C1(c2ccccc2)CCN(C)CC1.CN1CC[C@]23c4c5ccc(O)c4O[C@H]2[C@@H](O)C=C[C@H]3[C@H]1C5.CN1CC[C@]23c4c5ccc(O)c4O[C@H]2[C@@H](O)C=C[C@H]3[C@H]1C5.O=S(=O)(O)O. The van der Waals surface area contributed by atoms with Crippen LogP contribution < -0.4 is 9.47 Å². The summed E-state index contributed by atoms with van der Waals surface area (Å²) in [6.45, 7) is 6.21. The van der Waals surface area contributed by atoms with Gasteiger partial charge in [0.1, 0.15) is 24.4 Å². The van der Waals surface area contributed by atoms with E-state index in [9.17, 15) is 25.2 Å². The van der Waals surface area contributed by atoms with E-state index in [1.807, 2.05) is 61.5 Å². The summed E-state index contributed by atoms with van der Waals surface area (Å²) in [5, 5.41) is 41.3. The molecule has 0 saturated carbocycles. The number of hydrogen-bond donors (Lipinski definition) is 6. The van der Waals surface area contributed by atoms with Gasteiger partial charge in [0.05, 0.1) is 12.0 Å². The van der Waals surface area contributed by atoms with E-state index in [-0.39, 0.29) is 40.5 Å². The lowest BCUT2D eigenvalue weighted by atomic mass is 9.53. The Bertz CT molecular complexity index is 2350. The molecule has 3 aromatic carbocycles. The number of nitrogens with zero attached hydrogens (tertiary/aromatic N) is 3. The van der Waals surface area contributed by atoms with Gasteiger partial charge in [-0.15, -0.1) is 0 Å². The number of phenolic OH excluding ortho intramolecular Hbond substituents is 2. The van der Waals surface area contributed by atoms with Crippen molar-refractivity contribution in [3.63, 3.8) is 0 Å². The molecule has 350 valence electrons. The van der Waals surface area contributed by atoms with Crippen LogP contribution in [-0.4, -0.2) is 149 Å². The number of aliphatic hydroxyl groups is 2. The molecule has 4 aliphatic carbocycles. The lowest BCUT2D eigenvalue weighted by Crippen LogP contribution is -2.64. The number of carbonyl (C=O) groups excluding carboxylic acids is 1. The summed E-state index contributed by atoms with van der Waals surface area (Å²) in [5.74, 6) is 2.31. The monoisotopic (exact) mass is 915 g/mol. The zero-order valence-electron chi connectivity index (χ0n) is 37.3. The lowest BCUT2D eigenvalue weighted by Gasteiger charge is -2.56. The van der Waals surface area contributed by atoms with Crippen molar-refractivity contribution in [3.05, 3.63) is 107 Å². The normalized spacial score (nSPS) is 33.8. The summed E-state index contributed by atoms with van der Waals surface area (Å²) in [4.78, 5) is 19.5. The Hall–Kier alpha value is -4.52. The molecule has 4 bridgehead atoms. The van der Waals surface area contributed by atoms with Crippen LogP contribution in [0.15, 0.2) is 78.9 Å². The Labute approximate surface area is 380 Å². The van der Waals surface area contributed by atoms with Crippen molar-refractivity contribution in [2.24, 2.45) is 11.8 Å². The molecular weight excluding hydrogens is 855 g/mol. The highest BCUT2D eigenvalue weighted by molar-refractivity contribution is 7.79. The zero-order chi connectivity index (χ0) is 46.2. The van der Waals surface area contributed by atoms with Crippen molar-refractivity contribution in [1.82, 2.24) is 14.7 Å². The molecule has 0 aromatic heterocycles. The number of aliphatic hydroxyl groups excluding tert-OH is 2. The van der Waals surface area contributed by atoms with E-state index >= 15 is 0 Å². The number of aromatic hydroxyl groups is 2. The number of esters is 1. The summed E-state index contributed by atoms with van der Waals surface area (Å²) in [6.07, 6.45) is 12.0. The minimum absolute atomic E-state index is 0.0655. The number of hydrogen-bond acceptors (Lipinski definition) is 13. The van der Waals surface area contributed by atoms with E-state index in [0.29, 0.717) is 42.0 Å². The first kappa shape index (κ1) is 45.6. The zero-order valence-corrected chi connectivity index (χ0v) is 38.1. The molecule has 12 rings (SSSR count). The van der Waals surface area contributed by atoms with Crippen molar-refractivity contribution in [3.8, 4) is 23.0 Å². The molecule has 0 unspecified atom stereocenters. The predicted molar refractivity (Wildman–Crippen MR) is 241 cm³/mol. The van der Waals surface area contributed by atoms with Gasteiger partial charge < -0.3 is 49.3 Å². The number of ether oxygens (including phenoxy) is 3. The maximum Gasteiger partial charge on any atom is 0.394 e. The van der Waals surface area contributed by atoms with E-state index in [1.54, 1.807) is 12.1 Å². The molecule has 0 radical (unpaired) electrons. The van der Waals surface area contributed by atoms with Gasteiger partial charge in [-0.05, 0) is 122 Å². The molecule has 15 nitrogen and oxygen atoms in total. The average Bonchev–Trinajstić information content (AvgIpc) is 3.83. The third-order valence-corrected chi connectivity index (χ3v) is 16.1. The smallest absolute Gasteiger partial charge is 0.394 e. The Balaban J connectivity index is 0.000000117. The van der Waals surface area contributed by atoms with Crippen LogP contribution in [0.1, 0.15) is 60.4 Å². The third-order valence-electron chi connectivity index (χ3n) is 16.1. The van der Waals surface area contributed by atoms with Gasteiger partial charge in [-0.1, -0.05) is 66.8 Å². The van der Waals surface area contributed by atoms with Crippen molar-refractivity contribution in [2.45, 2.75) is 98.2 Å². The molecule has 3 saturated heterocycles. The fourth-order valence-corrected chi connectivity index (χ4v) is 13.1. The first-order valence-electron chi connectivity index (χ1n) is 22.7. The minimum Gasteiger partial charge on any atom is -0.504 e. The minimum atomic E-state index is -4.67. The predicted octanol–water partition coefficient (Wildman–Crippen LogP) is 3.96. The van der Waals surface area contributed by atoms with Crippen LogP contribution in [-0.2, 0) is 49.0 Å². The topological polar surface area (TPSA) is 210 Å². The number of piperidine rings is 3. The van der Waals surface area contributed by atoms with Gasteiger partial charge >= 0.3 is 16.4 Å². The van der Waals surface area contributed by atoms with Crippen LogP contribution in [0.4, 0.5) is 0 Å². The summed E-state index contributed by atoms with van der Waals surface area (Å²) in [5.41, 5.74) is 5.23. The first-order chi connectivity index (χ1) is 30.9. The van der Waals surface area contributed by atoms with Gasteiger partial charge in [0, 0.05) is 45.9 Å². The molecular formula is C49H61N3O12S. The van der Waals surface area contributed by atoms with E-state index in [4.69, 9.17) is 31.7 Å². The number of carbonyl (C=O) groups is 1. The molecule has 5 heterocycles. The van der Waals surface area contributed by atoms with Gasteiger partial charge in [-0.2, -0.15) is 8.42 Å². The number of likely N-dealkylation sites (tertiary alicyclic amines) is 3. The van der Waals surface area contributed by atoms with Gasteiger partial charge in [-0.3, -0.25) is 13.9 Å². The Morgan fingerprint density at radius 2 is 1.14 bits per heavy atom. The van der Waals surface area contributed by atoms with E-state index in [0.717, 1.165) is 70.3 Å². The summed E-state index contributed by atoms with van der Waals surface area (Å²) >= 11 is 0. The quantitative estimate of drug-likeness (QED) is 0.125. The standard InChI is InChI=1S/2C17H19NO3.C15H21NO2.H2O4S/c2*1-18-7-6-17-10-3-5-13(20)16(17)21-15-12(19)4-2-9(14(15)17)8-11(10)18;1-3-18-14(17)15(9-11-16(2)12-10-15)13-7-5-4-6-8-13;1-5(2,3)4/h2*2-5,10-11,13,16,19-20H,6-8H2,1H3;4-8H,3,9-12H2,1-2H3;(H2,1,2,3,4)/t2*10-,11+,13-,16-,17-;;/m00../s1. The number of phenols is 2. The summed E-state index contributed by atoms with van der Waals surface area (Å²) in [6, 6.07) is 18.5. The molecule has 3 fully saturated rings. The first-order valence-corrected chi connectivity index (χ1v) is 24.1. The van der Waals surface area contributed by atoms with Crippen LogP contribution in [0.5, 0.6) is 23.0 Å². The second-order valence-electron chi connectivity index (χ2n) is 19.3. The molecule has 3 aromatic rings. The van der Waals surface area contributed by atoms with Crippen LogP contribution in [0.25, 0.3) is 0 Å². The molecule has 9 aliphatic rings. The van der Waals surface area contributed by atoms with Crippen LogP contribution in [0, 0.1) is 11.8 Å². The van der Waals surface area contributed by atoms with Gasteiger partial charge in [0.15, 0.2) is 23.0 Å². The highest BCUT2D eigenvalue weighted by Crippen LogP contribution is 2.64. The molecule has 10 atom stereocenters. The van der Waals surface area contributed by atoms with Crippen molar-refractivity contribution >= 4 is 16.4 Å². The Morgan fingerprint density at radius 1 is 0.692 bits per heavy atom. The Kier molecular flexibility index (Phi) is 11.9. The van der Waals surface area contributed by atoms with Gasteiger partial charge in [0.25, 0.3) is 0 Å². The second-order valence-corrected chi connectivity index (χ2v) is 20.2. The van der Waals surface area contributed by atoms with Crippen molar-refractivity contribution in [2.75, 3.05) is 53.9 Å². The lowest BCUT2D eigenvalue weighted by molar-refractivity contribution is -0.152. The maximum atomic E-state index is 12.4. The number of likely N-dealkylation sites (N-methyl/N-ethyl adjacent to an activating group) is 2. The molecule has 5 aliphatic heterocycles. The largest absolute Gasteiger partial charge is 0.504 e. The maximum absolute atomic E-state index is 12.4. The van der Waals surface area contributed by atoms with Crippen molar-refractivity contribution < 1.29 is 57.0 Å². The van der Waals surface area contributed by atoms with Gasteiger partial charge in [-0.25, -0.2) is 0 Å². The molecule has 65 heavy (non-hydrogen) atoms. The van der Waals surface area contributed by atoms with E-state index in [1.165, 1.54) is 22.3 Å². The van der Waals surface area contributed by atoms with Crippen LogP contribution in [0.3, 0.4) is 0 Å². The molecule has 2 spiro atoms. The second kappa shape index (κ2) is 17.0. The molecule has 0 amide bonds. The fraction of sp³-hybridized carbons (Fsp3) is 0.531. The van der Waals surface area contributed by atoms with E-state index in [2.05, 4.69) is 48.0 Å². The van der Waals surface area contributed by atoms with Crippen LogP contribution >= 0.6 is 0 Å². The highest BCUT2D eigenvalue weighted by atomic mass is 32.3. The summed E-state index contributed by atoms with van der Waals surface area (Å²) in [7, 11) is 1.81. The molecule has 6 N–H and O–H groups in total. The average molecular weight is 916 g/mol. The van der Waals surface area contributed by atoms with Crippen molar-refractivity contribution in [1.29, 1.82) is 0 Å². The molecule has 16 heteroatoms. The van der Waals surface area contributed by atoms with Gasteiger partial charge in [0.2, 0.25) is 0 Å². The summed E-state index contributed by atoms with van der Waals surface area (Å²) < 4.78 is 49.1.